The van der Waals surface area contributed by atoms with Gasteiger partial charge in [0.25, 0.3) is 0 Å². The molecule has 1 aliphatic rings. The quantitative estimate of drug-likeness (QED) is 0.339. The highest BCUT2D eigenvalue weighted by atomic mass is 19.1. The van der Waals surface area contributed by atoms with Crippen molar-refractivity contribution in [3.05, 3.63) is 89.4 Å². The number of anilines is 1. The number of halogens is 1. The fourth-order valence-corrected chi connectivity index (χ4v) is 4.79. The molecule has 194 valence electrons. The molecule has 3 aromatic carbocycles. The van der Waals surface area contributed by atoms with E-state index < -0.39 is 17.6 Å². The van der Waals surface area contributed by atoms with Gasteiger partial charge in [0.2, 0.25) is 0 Å². The SMILES string of the molecule is CCc1cc2nccc(Oc3ccc(NC(=O)C(=O)NC4CCc5ccccc5C4)cc3F)c2cc1OC. The highest BCUT2D eigenvalue weighted by molar-refractivity contribution is 6.39. The van der Waals surface area contributed by atoms with Gasteiger partial charge in [-0.2, -0.15) is 0 Å². The summed E-state index contributed by atoms with van der Waals surface area (Å²) in [5.41, 5.74) is 4.31. The van der Waals surface area contributed by atoms with Gasteiger partial charge >= 0.3 is 11.8 Å². The van der Waals surface area contributed by atoms with E-state index in [1.807, 2.05) is 37.3 Å². The van der Waals surface area contributed by atoms with Crippen LogP contribution in [-0.2, 0) is 28.9 Å². The average molecular weight is 514 g/mol. The Morgan fingerprint density at radius 3 is 2.58 bits per heavy atom. The summed E-state index contributed by atoms with van der Waals surface area (Å²) in [6.07, 6.45) is 4.64. The number of carbonyl (C=O) groups is 2. The van der Waals surface area contributed by atoms with Gasteiger partial charge in [0.05, 0.1) is 12.6 Å². The Balaban J connectivity index is 1.25. The van der Waals surface area contributed by atoms with Crippen molar-refractivity contribution in [3.63, 3.8) is 0 Å². The Morgan fingerprint density at radius 2 is 1.82 bits per heavy atom. The fourth-order valence-electron chi connectivity index (χ4n) is 4.79. The third kappa shape index (κ3) is 5.29. The number of pyridine rings is 1. The van der Waals surface area contributed by atoms with Gasteiger partial charge in [-0.25, -0.2) is 4.39 Å². The van der Waals surface area contributed by atoms with Crippen LogP contribution in [0.5, 0.6) is 17.2 Å². The summed E-state index contributed by atoms with van der Waals surface area (Å²) in [4.78, 5) is 29.4. The molecule has 0 aliphatic heterocycles. The summed E-state index contributed by atoms with van der Waals surface area (Å²) in [6, 6.07) is 17.4. The van der Waals surface area contributed by atoms with Crippen LogP contribution in [0.1, 0.15) is 30.0 Å². The Labute approximate surface area is 220 Å². The number of hydrogen-bond donors (Lipinski definition) is 2. The minimum atomic E-state index is -0.851. The number of nitrogens with one attached hydrogen (secondary N) is 2. The van der Waals surface area contributed by atoms with Crippen molar-refractivity contribution >= 4 is 28.4 Å². The lowest BCUT2D eigenvalue weighted by Gasteiger charge is -2.25. The van der Waals surface area contributed by atoms with Crippen molar-refractivity contribution in [3.8, 4) is 17.2 Å². The molecule has 0 saturated heterocycles. The van der Waals surface area contributed by atoms with Gasteiger partial charge in [-0.1, -0.05) is 31.2 Å². The second-order valence-corrected chi connectivity index (χ2v) is 9.23. The molecule has 2 N–H and O–H groups in total. The van der Waals surface area contributed by atoms with E-state index in [2.05, 4.69) is 21.7 Å². The number of nitrogens with zero attached hydrogens (tertiary/aromatic N) is 1. The first-order valence-electron chi connectivity index (χ1n) is 12.6. The van der Waals surface area contributed by atoms with Crippen LogP contribution in [0.15, 0.2) is 66.9 Å². The third-order valence-corrected chi connectivity index (χ3v) is 6.78. The number of fused-ring (bicyclic) bond motifs is 2. The maximum atomic E-state index is 14.9. The van der Waals surface area contributed by atoms with Gasteiger partial charge < -0.3 is 20.1 Å². The molecule has 0 bridgehead atoms. The van der Waals surface area contributed by atoms with E-state index in [0.717, 1.165) is 30.9 Å². The first-order chi connectivity index (χ1) is 18.4. The van der Waals surface area contributed by atoms with Crippen molar-refractivity contribution in [2.75, 3.05) is 12.4 Å². The van der Waals surface area contributed by atoms with Crippen LogP contribution in [0.25, 0.3) is 10.9 Å². The lowest BCUT2D eigenvalue weighted by Crippen LogP contribution is -2.44. The van der Waals surface area contributed by atoms with Crippen LogP contribution < -0.4 is 20.1 Å². The number of carbonyl (C=O) groups excluding carboxylic acids is 2. The molecule has 38 heavy (non-hydrogen) atoms. The molecule has 1 heterocycles. The fraction of sp³-hybridized carbons (Fsp3) is 0.233. The van der Waals surface area contributed by atoms with Gasteiger partial charge in [0, 0.05) is 29.4 Å². The van der Waals surface area contributed by atoms with Gasteiger partial charge in [0.1, 0.15) is 11.5 Å². The van der Waals surface area contributed by atoms with Crippen molar-refractivity contribution in [1.29, 1.82) is 0 Å². The maximum absolute atomic E-state index is 14.9. The molecule has 1 aromatic heterocycles. The smallest absolute Gasteiger partial charge is 0.313 e. The standard InChI is InChI=1S/C30H28FN3O4/c1-3-18-15-25-23(17-28(18)37-2)26(12-13-32-25)38-27-11-10-22(16-24(27)31)34-30(36)29(35)33-21-9-8-19-6-4-5-7-20(19)14-21/h4-7,10-13,15-17,21H,3,8-9,14H2,1-2H3,(H,33,35)(H,34,36). The zero-order valence-electron chi connectivity index (χ0n) is 21.2. The topological polar surface area (TPSA) is 89.5 Å². The van der Waals surface area contributed by atoms with Crippen LogP contribution >= 0.6 is 0 Å². The summed E-state index contributed by atoms with van der Waals surface area (Å²) < 4.78 is 26.3. The summed E-state index contributed by atoms with van der Waals surface area (Å²) >= 11 is 0. The lowest BCUT2D eigenvalue weighted by molar-refractivity contribution is -0.136. The minimum absolute atomic E-state index is 0.0284. The molecule has 5 rings (SSSR count). The van der Waals surface area contributed by atoms with Crippen LogP contribution in [0.3, 0.4) is 0 Å². The number of rotatable bonds is 6. The largest absolute Gasteiger partial charge is 0.496 e. The molecule has 1 atom stereocenters. The van der Waals surface area contributed by atoms with Crippen LogP contribution in [0.2, 0.25) is 0 Å². The minimum Gasteiger partial charge on any atom is -0.496 e. The summed E-state index contributed by atoms with van der Waals surface area (Å²) in [6.45, 7) is 2.03. The van der Waals surface area contributed by atoms with Crippen LogP contribution in [0.4, 0.5) is 10.1 Å². The highest BCUT2D eigenvalue weighted by Crippen LogP contribution is 2.35. The molecular weight excluding hydrogens is 485 g/mol. The van der Waals surface area contributed by atoms with E-state index in [-0.39, 0.29) is 17.5 Å². The first kappa shape index (κ1) is 25.2. The van der Waals surface area contributed by atoms with E-state index in [0.29, 0.717) is 28.8 Å². The van der Waals surface area contributed by atoms with E-state index >= 15 is 0 Å². The van der Waals surface area contributed by atoms with Crippen LogP contribution in [0, 0.1) is 5.82 Å². The molecule has 7 nitrogen and oxygen atoms in total. The van der Waals surface area contributed by atoms with E-state index in [1.54, 1.807) is 19.4 Å². The lowest BCUT2D eigenvalue weighted by atomic mass is 9.88. The molecular formula is C30H28FN3O4. The predicted molar refractivity (Wildman–Crippen MR) is 143 cm³/mol. The second-order valence-electron chi connectivity index (χ2n) is 9.23. The van der Waals surface area contributed by atoms with Gasteiger partial charge in [0.15, 0.2) is 11.6 Å². The number of aryl methyl sites for hydroxylation is 2. The molecule has 4 aromatic rings. The molecule has 0 radical (unpaired) electrons. The third-order valence-electron chi connectivity index (χ3n) is 6.78. The zero-order chi connectivity index (χ0) is 26.6. The van der Waals surface area contributed by atoms with Crippen molar-refractivity contribution < 1.29 is 23.5 Å². The predicted octanol–water partition coefficient (Wildman–Crippen LogP) is 5.35. The monoisotopic (exact) mass is 513 g/mol. The average Bonchev–Trinajstić information content (AvgIpc) is 2.93. The van der Waals surface area contributed by atoms with Gasteiger partial charge in [-0.3, -0.25) is 14.6 Å². The number of methoxy groups -OCH3 is 1. The van der Waals surface area contributed by atoms with Crippen molar-refractivity contribution in [1.82, 2.24) is 10.3 Å². The normalized spacial score (nSPS) is 14.4. The number of benzene rings is 3. The highest BCUT2D eigenvalue weighted by Gasteiger charge is 2.23. The molecule has 2 amide bonds. The molecule has 1 aliphatic carbocycles. The van der Waals surface area contributed by atoms with Crippen molar-refractivity contribution in [2.24, 2.45) is 0 Å². The number of amides is 2. The number of aromatic nitrogens is 1. The summed E-state index contributed by atoms with van der Waals surface area (Å²) in [5, 5.41) is 5.93. The van der Waals surface area contributed by atoms with E-state index in [9.17, 15) is 14.0 Å². The Morgan fingerprint density at radius 1 is 1.00 bits per heavy atom. The second kappa shape index (κ2) is 10.9. The van der Waals surface area contributed by atoms with Gasteiger partial charge in [-0.15, -0.1) is 0 Å². The first-order valence-corrected chi connectivity index (χ1v) is 12.6. The Hall–Kier alpha value is -4.46. The van der Waals surface area contributed by atoms with E-state index in [4.69, 9.17) is 9.47 Å². The maximum Gasteiger partial charge on any atom is 0.313 e. The molecule has 0 saturated carbocycles. The number of ether oxygens (including phenoxy) is 2. The molecule has 1 unspecified atom stereocenters. The molecule has 0 spiro atoms. The summed E-state index contributed by atoms with van der Waals surface area (Å²) in [7, 11) is 1.60. The summed E-state index contributed by atoms with van der Waals surface area (Å²) in [5.74, 6) is -1.20. The van der Waals surface area contributed by atoms with E-state index in [1.165, 1.54) is 23.3 Å². The molecule has 8 heteroatoms. The molecule has 0 fully saturated rings. The zero-order valence-corrected chi connectivity index (χ0v) is 21.2. The number of hydrogen-bond acceptors (Lipinski definition) is 5. The van der Waals surface area contributed by atoms with Crippen LogP contribution in [-0.4, -0.2) is 29.9 Å². The Bertz CT molecular complexity index is 1520. The Kier molecular flexibility index (Phi) is 7.22. The van der Waals surface area contributed by atoms with Gasteiger partial charge in [-0.05, 0) is 72.7 Å². The van der Waals surface area contributed by atoms with Crippen molar-refractivity contribution in [2.45, 2.75) is 38.6 Å².